The van der Waals surface area contributed by atoms with Crippen LogP contribution in [0.15, 0.2) is 23.0 Å². The number of terminal acetylenes is 1. The summed E-state index contributed by atoms with van der Waals surface area (Å²) in [5, 5.41) is 11.6. The quantitative estimate of drug-likeness (QED) is 0.752. The van der Waals surface area contributed by atoms with E-state index in [1.807, 2.05) is 0 Å². The first-order chi connectivity index (χ1) is 11.9. The van der Waals surface area contributed by atoms with E-state index in [1.54, 1.807) is 6.92 Å². The Bertz CT molecular complexity index is 894. The summed E-state index contributed by atoms with van der Waals surface area (Å²) >= 11 is 0. The molecule has 1 amide bonds. The number of nitrogens with zero attached hydrogens (tertiary/aromatic N) is 2. The van der Waals surface area contributed by atoms with Gasteiger partial charge >= 0.3 is 0 Å². The molecule has 1 aromatic carbocycles. The molecule has 0 saturated heterocycles. The zero-order valence-corrected chi connectivity index (χ0v) is 13.6. The molecular weight excluding hydrogens is 332 g/mol. The number of benzene rings is 1. The number of hydrogen-bond donors (Lipinski definition) is 2. The van der Waals surface area contributed by atoms with Crippen LogP contribution in [0.1, 0.15) is 21.6 Å². The van der Waals surface area contributed by atoms with Gasteiger partial charge in [0.1, 0.15) is 5.56 Å². The first kappa shape index (κ1) is 18.4. The molecular formula is C17H17F2N3O3. The lowest BCUT2D eigenvalue weighted by Gasteiger charge is -2.12. The van der Waals surface area contributed by atoms with Crippen molar-refractivity contribution < 1.29 is 18.7 Å². The van der Waals surface area contributed by atoms with Gasteiger partial charge in [0, 0.05) is 0 Å². The predicted octanol–water partition coefficient (Wildman–Crippen LogP) is 0.640. The molecule has 25 heavy (non-hydrogen) atoms. The largest absolute Gasteiger partial charge is 0.394 e. The standard InChI is InChI=1S/C17H17F2N3O3/c1-3-6-20-16(24)15-11(2)21(7-8-23)22(17(15)25)10-12-4-5-13(18)14(19)9-12/h1,4-5,9,23H,6-8,10H2,2H3,(H,20,24). The smallest absolute Gasteiger partial charge is 0.280 e. The molecule has 0 fully saturated rings. The van der Waals surface area contributed by atoms with Crippen LogP contribution in [0.25, 0.3) is 0 Å². The van der Waals surface area contributed by atoms with Gasteiger partial charge in [-0.15, -0.1) is 6.42 Å². The Kier molecular flexibility index (Phi) is 5.72. The fraction of sp³-hybridized carbons (Fsp3) is 0.294. The molecule has 0 aliphatic rings. The predicted molar refractivity (Wildman–Crippen MR) is 87.1 cm³/mol. The Labute approximate surface area is 142 Å². The van der Waals surface area contributed by atoms with Crippen LogP contribution in [-0.2, 0) is 13.1 Å². The highest BCUT2D eigenvalue weighted by atomic mass is 19.2. The second-order valence-corrected chi connectivity index (χ2v) is 5.31. The van der Waals surface area contributed by atoms with Crippen LogP contribution < -0.4 is 10.9 Å². The van der Waals surface area contributed by atoms with Crippen molar-refractivity contribution in [2.75, 3.05) is 13.2 Å². The summed E-state index contributed by atoms with van der Waals surface area (Å²) in [4.78, 5) is 24.8. The number of carbonyl (C=O) groups excluding carboxylic acids is 1. The number of hydrogen-bond acceptors (Lipinski definition) is 3. The van der Waals surface area contributed by atoms with Crippen molar-refractivity contribution in [1.82, 2.24) is 14.7 Å². The Morgan fingerprint density at radius 1 is 1.32 bits per heavy atom. The van der Waals surface area contributed by atoms with Crippen molar-refractivity contribution in [3.8, 4) is 12.3 Å². The summed E-state index contributed by atoms with van der Waals surface area (Å²) in [6, 6.07) is 3.28. The van der Waals surface area contributed by atoms with Crippen molar-refractivity contribution in [1.29, 1.82) is 0 Å². The van der Waals surface area contributed by atoms with Gasteiger partial charge in [0.15, 0.2) is 11.6 Å². The highest BCUT2D eigenvalue weighted by Gasteiger charge is 2.22. The SMILES string of the molecule is C#CCNC(=O)c1c(C)n(CCO)n(Cc2ccc(F)c(F)c2)c1=O. The summed E-state index contributed by atoms with van der Waals surface area (Å²) < 4.78 is 29.1. The van der Waals surface area contributed by atoms with Crippen LogP contribution >= 0.6 is 0 Å². The minimum Gasteiger partial charge on any atom is -0.394 e. The average molecular weight is 349 g/mol. The lowest BCUT2D eigenvalue weighted by molar-refractivity contribution is 0.0956. The zero-order chi connectivity index (χ0) is 18.6. The maximum absolute atomic E-state index is 13.4. The molecule has 0 atom stereocenters. The van der Waals surface area contributed by atoms with Crippen LogP contribution in [0.5, 0.6) is 0 Å². The third kappa shape index (κ3) is 3.78. The molecule has 1 aromatic heterocycles. The third-order valence-corrected chi connectivity index (χ3v) is 3.69. The van der Waals surface area contributed by atoms with E-state index >= 15 is 0 Å². The minimum absolute atomic E-state index is 0.0356. The van der Waals surface area contributed by atoms with Gasteiger partial charge in [0.25, 0.3) is 11.5 Å². The van der Waals surface area contributed by atoms with Crippen molar-refractivity contribution >= 4 is 5.91 Å². The van der Waals surface area contributed by atoms with Gasteiger partial charge in [-0.05, 0) is 24.6 Å². The molecule has 0 aliphatic heterocycles. The molecule has 1 heterocycles. The zero-order valence-electron chi connectivity index (χ0n) is 13.6. The first-order valence-electron chi connectivity index (χ1n) is 7.47. The molecule has 2 aromatic rings. The van der Waals surface area contributed by atoms with Crippen LogP contribution in [0.2, 0.25) is 0 Å². The molecule has 0 unspecified atom stereocenters. The second kappa shape index (κ2) is 7.77. The van der Waals surface area contributed by atoms with Gasteiger partial charge in [-0.25, -0.2) is 13.5 Å². The highest BCUT2D eigenvalue weighted by Crippen LogP contribution is 2.12. The topological polar surface area (TPSA) is 76.3 Å². The number of aliphatic hydroxyl groups is 1. The minimum atomic E-state index is -1.03. The van der Waals surface area contributed by atoms with Gasteiger partial charge in [0.2, 0.25) is 0 Å². The molecule has 132 valence electrons. The van der Waals surface area contributed by atoms with Crippen LogP contribution in [0, 0.1) is 30.9 Å². The van der Waals surface area contributed by atoms with Gasteiger partial charge in [-0.2, -0.15) is 0 Å². The number of aliphatic hydroxyl groups excluding tert-OH is 1. The summed E-state index contributed by atoms with van der Waals surface area (Å²) in [7, 11) is 0. The molecule has 0 saturated carbocycles. The van der Waals surface area contributed by atoms with Crippen LogP contribution in [0.4, 0.5) is 8.78 Å². The third-order valence-electron chi connectivity index (χ3n) is 3.69. The monoisotopic (exact) mass is 349 g/mol. The molecule has 6 nitrogen and oxygen atoms in total. The normalized spacial score (nSPS) is 10.5. The van der Waals surface area contributed by atoms with Gasteiger partial charge in [0.05, 0.1) is 31.9 Å². The van der Waals surface area contributed by atoms with Crippen molar-refractivity contribution in [2.45, 2.75) is 20.0 Å². The number of nitrogens with one attached hydrogen (secondary N) is 1. The fourth-order valence-corrected chi connectivity index (χ4v) is 2.54. The molecule has 2 rings (SSSR count). The van der Waals surface area contributed by atoms with Crippen LogP contribution in [0.3, 0.4) is 0 Å². The summed E-state index contributed by atoms with van der Waals surface area (Å²) in [6.07, 6.45) is 5.09. The Hall–Kier alpha value is -2.92. The van der Waals surface area contributed by atoms with E-state index in [0.29, 0.717) is 11.3 Å². The molecule has 0 bridgehead atoms. The Morgan fingerprint density at radius 3 is 2.64 bits per heavy atom. The number of carbonyl (C=O) groups is 1. The molecule has 0 aliphatic carbocycles. The average Bonchev–Trinajstić information content (AvgIpc) is 2.80. The maximum atomic E-state index is 13.4. The van der Waals surface area contributed by atoms with E-state index in [0.717, 1.165) is 12.1 Å². The van der Waals surface area contributed by atoms with Crippen molar-refractivity contribution in [3.05, 3.63) is 57.0 Å². The fourth-order valence-electron chi connectivity index (χ4n) is 2.54. The van der Waals surface area contributed by atoms with E-state index in [-0.39, 0.29) is 31.8 Å². The number of amides is 1. The first-order valence-corrected chi connectivity index (χ1v) is 7.47. The maximum Gasteiger partial charge on any atom is 0.280 e. The van der Waals surface area contributed by atoms with E-state index in [1.165, 1.54) is 15.4 Å². The lowest BCUT2D eigenvalue weighted by atomic mass is 10.2. The van der Waals surface area contributed by atoms with Crippen LogP contribution in [-0.4, -0.2) is 33.5 Å². The Balaban J connectivity index is 2.49. The molecule has 0 spiro atoms. The molecule has 8 heteroatoms. The summed E-state index contributed by atoms with van der Waals surface area (Å²) in [6.45, 7) is 1.24. The number of rotatable bonds is 6. The summed E-state index contributed by atoms with van der Waals surface area (Å²) in [5.41, 5.74) is -0.0269. The lowest BCUT2D eigenvalue weighted by Crippen LogP contribution is -2.31. The number of halogens is 2. The van der Waals surface area contributed by atoms with E-state index < -0.39 is 23.1 Å². The van der Waals surface area contributed by atoms with Crippen molar-refractivity contribution in [3.63, 3.8) is 0 Å². The summed E-state index contributed by atoms with van der Waals surface area (Å²) in [5.74, 6) is -0.414. The molecule has 2 N–H and O–H groups in total. The highest BCUT2D eigenvalue weighted by molar-refractivity contribution is 5.95. The van der Waals surface area contributed by atoms with E-state index in [9.17, 15) is 23.5 Å². The van der Waals surface area contributed by atoms with Gasteiger partial charge in [-0.3, -0.25) is 14.3 Å². The van der Waals surface area contributed by atoms with Crippen molar-refractivity contribution in [2.24, 2.45) is 0 Å². The number of aromatic nitrogens is 2. The van der Waals surface area contributed by atoms with Gasteiger partial charge in [-0.1, -0.05) is 12.0 Å². The van der Waals surface area contributed by atoms with E-state index in [4.69, 9.17) is 6.42 Å². The molecule has 0 radical (unpaired) electrons. The second-order valence-electron chi connectivity index (χ2n) is 5.31. The van der Waals surface area contributed by atoms with E-state index in [2.05, 4.69) is 11.2 Å². The van der Waals surface area contributed by atoms with Gasteiger partial charge < -0.3 is 10.4 Å². The Morgan fingerprint density at radius 2 is 2.04 bits per heavy atom.